The van der Waals surface area contributed by atoms with Crippen molar-refractivity contribution in [3.63, 3.8) is 0 Å². The van der Waals surface area contributed by atoms with Gasteiger partial charge in [-0.25, -0.2) is 4.98 Å². The third kappa shape index (κ3) is 2.20. The van der Waals surface area contributed by atoms with Gasteiger partial charge in [0.1, 0.15) is 5.82 Å². The van der Waals surface area contributed by atoms with E-state index in [4.69, 9.17) is 0 Å². The third-order valence-corrected chi connectivity index (χ3v) is 4.58. The summed E-state index contributed by atoms with van der Waals surface area (Å²) in [5, 5.41) is 15.4. The lowest BCUT2D eigenvalue weighted by Crippen LogP contribution is -2.34. The van der Waals surface area contributed by atoms with Crippen molar-refractivity contribution in [1.29, 1.82) is 0 Å². The summed E-state index contributed by atoms with van der Waals surface area (Å²) in [6.07, 6.45) is 4.76. The van der Waals surface area contributed by atoms with E-state index in [1.54, 1.807) is 0 Å². The molecule has 1 aliphatic carbocycles. The van der Waals surface area contributed by atoms with Gasteiger partial charge >= 0.3 is 0 Å². The summed E-state index contributed by atoms with van der Waals surface area (Å²) in [7, 11) is 0. The van der Waals surface area contributed by atoms with Gasteiger partial charge < -0.3 is 4.90 Å². The molecule has 100 valence electrons. The molecule has 0 bridgehead atoms. The predicted octanol–water partition coefficient (Wildman–Crippen LogP) is 1.31. The van der Waals surface area contributed by atoms with Crippen molar-refractivity contribution in [3.05, 3.63) is 11.6 Å². The zero-order chi connectivity index (χ0) is 12.7. The van der Waals surface area contributed by atoms with Gasteiger partial charge in [0.05, 0.1) is 0 Å². The van der Waals surface area contributed by atoms with Crippen LogP contribution in [0.5, 0.6) is 0 Å². The van der Waals surface area contributed by atoms with Crippen LogP contribution in [0.1, 0.15) is 49.2 Å². The lowest BCUT2D eigenvalue weighted by atomic mass is 9.98. The first-order valence-corrected chi connectivity index (χ1v) is 7.49. The molecule has 1 N–H and O–H groups in total. The highest BCUT2D eigenvalue weighted by atomic mass is 32.1. The number of H-pyrrole nitrogens is 1. The summed E-state index contributed by atoms with van der Waals surface area (Å²) >= 11 is 1.52. The first-order valence-electron chi connectivity index (χ1n) is 6.72. The maximum atomic E-state index is 4.68. The number of anilines is 1. The van der Waals surface area contributed by atoms with Crippen molar-refractivity contribution >= 4 is 16.7 Å². The number of nitrogens with zero attached hydrogens (tertiary/aromatic N) is 6. The largest absolute Gasteiger partial charge is 0.346 e. The highest BCUT2D eigenvalue weighted by molar-refractivity contribution is 7.09. The summed E-state index contributed by atoms with van der Waals surface area (Å²) in [5.41, 5.74) is 0. The Hall–Kier alpha value is -1.57. The first-order chi connectivity index (χ1) is 9.40. The van der Waals surface area contributed by atoms with Gasteiger partial charge in [0, 0.05) is 36.5 Å². The standard InChI is InChI=1S/C11H15N7S/c1-2-8(10-13-16-17-14-10)6-18(5-1)11-12-9(15-19-11)7-3-4-7/h7-8H,1-6H2,(H,13,14,16,17)/t8-/m1/s1. The van der Waals surface area contributed by atoms with Gasteiger partial charge in [-0.05, 0) is 25.7 Å². The summed E-state index contributed by atoms with van der Waals surface area (Å²) in [6, 6.07) is 0. The molecule has 0 radical (unpaired) electrons. The Labute approximate surface area is 114 Å². The van der Waals surface area contributed by atoms with Crippen LogP contribution in [-0.4, -0.2) is 43.1 Å². The number of hydrogen-bond acceptors (Lipinski definition) is 7. The van der Waals surface area contributed by atoms with E-state index in [0.717, 1.165) is 42.7 Å². The topological polar surface area (TPSA) is 83.5 Å². The van der Waals surface area contributed by atoms with Gasteiger partial charge in [-0.1, -0.05) is 5.21 Å². The molecule has 7 nitrogen and oxygen atoms in total. The highest BCUT2D eigenvalue weighted by Crippen LogP contribution is 2.40. The van der Waals surface area contributed by atoms with Gasteiger partial charge in [0.2, 0.25) is 5.13 Å². The summed E-state index contributed by atoms with van der Waals surface area (Å²) in [6.45, 7) is 1.96. The minimum absolute atomic E-state index is 0.348. The summed E-state index contributed by atoms with van der Waals surface area (Å²) in [4.78, 5) is 6.99. The fourth-order valence-corrected chi connectivity index (χ4v) is 3.35. The molecule has 4 rings (SSSR count). The fraction of sp³-hybridized carbons (Fsp3) is 0.727. The predicted molar refractivity (Wildman–Crippen MR) is 70.2 cm³/mol. The molecule has 1 atom stereocenters. The van der Waals surface area contributed by atoms with Gasteiger partial charge in [0.15, 0.2) is 5.82 Å². The van der Waals surface area contributed by atoms with E-state index in [9.17, 15) is 0 Å². The second-order valence-electron chi connectivity index (χ2n) is 5.26. The first kappa shape index (κ1) is 11.3. The molecule has 8 heteroatoms. The minimum Gasteiger partial charge on any atom is -0.346 e. The van der Waals surface area contributed by atoms with Crippen molar-refractivity contribution in [2.75, 3.05) is 18.0 Å². The van der Waals surface area contributed by atoms with E-state index >= 15 is 0 Å². The average Bonchev–Trinajstić information content (AvgIpc) is 2.97. The van der Waals surface area contributed by atoms with Gasteiger partial charge in [-0.2, -0.15) is 9.59 Å². The molecule has 0 aromatic carbocycles. The maximum absolute atomic E-state index is 4.68. The normalized spacial score (nSPS) is 23.8. The molecule has 19 heavy (non-hydrogen) atoms. The molecule has 2 aromatic heterocycles. The molecule has 1 saturated heterocycles. The number of hydrogen-bond donors (Lipinski definition) is 1. The maximum Gasteiger partial charge on any atom is 0.205 e. The molecule has 0 unspecified atom stereocenters. The van der Waals surface area contributed by atoms with Crippen molar-refractivity contribution in [3.8, 4) is 0 Å². The smallest absolute Gasteiger partial charge is 0.205 e. The number of aromatic amines is 1. The Kier molecular flexibility index (Phi) is 2.68. The molecule has 1 aliphatic heterocycles. The van der Waals surface area contributed by atoms with E-state index in [2.05, 4.69) is 34.9 Å². The van der Waals surface area contributed by atoms with Crippen molar-refractivity contribution in [2.24, 2.45) is 0 Å². The van der Waals surface area contributed by atoms with E-state index in [1.165, 1.54) is 24.4 Å². The molecule has 2 fully saturated rings. The second-order valence-corrected chi connectivity index (χ2v) is 5.99. The molecule has 1 saturated carbocycles. The van der Waals surface area contributed by atoms with Crippen LogP contribution in [0.3, 0.4) is 0 Å². The van der Waals surface area contributed by atoms with Crippen molar-refractivity contribution in [1.82, 2.24) is 30.0 Å². The van der Waals surface area contributed by atoms with Crippen LogP contribution in [0.15, 0.2) is 0 Å². The van der Waals surface area contributed by atoms with Crippen molar-refractivity contribution < 1.29 is 0 Å². The zero-order valence-corrected chi connectivity index (χ0v) is 11.3. The average molecular weight is 277 g/mol. The van der Waals surface area contributed by atoms with E-state index < -0.39 is 0 Å². The van der Waals surface area contributed by atoms with Crippen LogP contribution in [0, 0.1) is 0 Å². The molecular weight excluding hydrogens is 262 g/mol. The Morgan fingerprint density at radius 3 is 2.89 bits per heavy atom. The van der Waals surface area contributed by atoms with Gasteiger partial charge in [0.25, 0.3) is 0 Å². The molecule has 2 aliphatic rings. The lowest BCUT2D eigenvalue weighted by Gasteiger charge is -2.30. The highest BCUT2D eigenvalue weighted by Gasteiger charge is 2.30. The van der Waals surface area contributed by atoms with Gasteiger partial charge in [-0.3, -0.25) is 0 Å². The quantitative estimate of drug-likeness (QED) is 0.910. The second kappa shape index (κ2) is 4.52. The summed E-state index contributed by atoms with van der Waals surface area (Å²) < 4.78 is 4.48. The molecule has 3 heterocycles. The Bertz CT molecular complexity index is 547. The molecule has 0 spiro atoms. The Balaban J connectivity index is 1.50. The van der Waals surface area contributed by atoms with Crippen molar-refractivity contribution in [2.45, 2.75) is 37.5 Å². The van der Waals surface area contributed by atoms with Crippen LogP contribution < -0.4 is 4.90 Å². The number of piperidine rings is 1. The molecule has 0 amide bonds. The van der Waals surface area contributed by atoms with Crippen LogP contribution in [0.2, 0.25) is 0 Å². The minimum atomic E-state index is 0.348. The monoisotopic (exact) mass is 277 g/mol. The zero-order valence-electron chi connectivity index (χ0n) is 10.5. The molecular formula is C11H15N7S. The summed E-state index contributed by atoms with van der Waals surface area (Å²) in [5.74, 6) is 2.84. The fourth-order valence-electron chi connectivity index (χ4n) is 2.57. The number of rotatable bonds is 3. The lowest BCUT2D eigenvalue weighted by molar-refractivity contribution is 0.491. The van der Waals surface area contributed by atoms with Crippen LogP contribution >= 0.6 is 11.5 Å². The Morgan fingerprint density at radius 1 is 1.16 bits per heavy atom. The number of nitrogens with one attached hydrogen (secondary N) is 1. The van der Waals surface area contributed by atoms with Crippen LogP contribution in [0.25, 0.3) is 0 Å². The number of tetrazole rings is 1. The van der Waals surface area contributed by atoms with E-state index in [-0.39, 0.29) is 0 Å². The van der Waals surface area contributed by atoms with E-state index in [0.29, 0.717) is 11.8 Å². The van der Waals surface area contributed by atoms with Gasteiger partial charge in [-0.15, -0.1) is 10.2 Å². The molecule has 2 aromatic rings. The Morgan fingerprint density at radius 2 is 2.11 bits per heavy atom. The van der Waals surface area contributed by atoms with E-state index in [1.807, 2.05) is 0 Å². The van der Waals surface area contributed by atoms with Crippen LogP contribution in [0.4, 0.5) is 5.13 Å². The number of aromatic nitrogens is 6. The van der Waals surface area contributed by atoms with Crippen LogP contribution in [-0.2, 0) is 0 Å². The SMILES string of the molecule is C1C[C@@H](c2nn[nH]n2)CN(c2nc(C3CC3)ns2)C1. The third-order valence-electron chi connectivity index (χ3n) is 3.79.